The number of imide groups is 1. The number of hydrogen-bond acceptors (Lipinski definition) is 7. The van der Waals surface area contributed by atoms with E-state index in [0.717, 1.165) is 43.4 Å². The molecule has 0 bridgehead atoms. The largest absolute Gasteiger partial charge is 0.390 e. The maximum atomic E-state index is 12.4. The van der Waals surface area contributed by atoms with Crippen LogP contribution in [-0.4, -0.2) is 70.4 Å². The van der Waals surface area contributed by atoms with E-state index in [1.54, 1.807) is 7.05 Å². The van der Waals surface area contributed by atoms with Crippen LogP contribution >= 0.6 is 0 Å². The van der Waals surface area contributed by atoms with E-state index in [-0.39, 0.29) is 17.5 Å². The van der Waals surface area contributed by atoms with Crippen LogP contribution in [0.25, 0.3) is 0 Å². The second-order valence-electron chi connectivity index (χ2n) is 9.75. The van der Waals surface area contributed by atoms with Gasteiger partial charge in [-0.1, -0.05) is 46.5 Å². The smallest absolute Gasteiger partial charge is 0.260 e. The van der Waals surface area contributed by atoms with Crippen molar-refractivity contribution in [3.05, 3.63) is 0 Å². The third-order valence-electron chi connectivity index (χ3n) is 7.07. The van der Waals surface area contributed by atoms with E-state index in [4.69, 9.17) is 0 Å². The van der Waals surface area contributed by atoms with Crippen molar-refractivity contribution in [3.8, 4) is 0 Å². The minimum atomic E-state index is -1.33. The summed E-state index contributed by atoms with van der Waals surface area (Å²) in [5.41, 5.74) is 1.06. The van der Waals surface area contributed by atoms with Gasteiger partial charge in [0.05, 0.1) is 24.8 Å². The van der Waals surface area contributed by atoms with E-state index in [2.05, 4.69) is 36.6 Å². The van der Waals surface area contributed by atoms with Crippen LogP contribution in [0.5, 0.6) is 0 Å². The fourth-order valence-corrected chi connectivity index (χ4v) is 5.32. The summed E-state index contributed by atoms with van der Waals surface area (Å²) in [6.07, 6.45) is 6.95. The Kier molecular flexibility index (Phi) is 9.36. The number of carbonyl (C=O) groups excluding carboxylic acids is 3. The Balaban J connectivity index is 2.17. The van der Waals surface area contributed by atoms with E-state index in [9.17, 15) is 24.6 Å². The van der Waals surface area contributed by atoms with Crippen molar-refractivity contribution in [2.75, 3.05) is 20.2 Å². The first-order valence-electron chi connectivity index (χ1n) is 11.8. The number of hydrazone groups is 1. The summed E-state index contributed by atoms with van der Waals surface area (Å²) in [4.78, 5) is 37.5. The molecule has 3 amide bonds. The van der Waals surface area contributed by atoms with Crippen LogP contribution in [0.15, 0.2) is 5.10 Å². The normalized spacial score (nSPS) is 32.1. The minimum Gasteiger partial charge on any atom is -0.390 e. The second-order valence-corrected chi connectivity index (χ2v) is 9.75. The zero-order valence-corrected chi connectivity index (χ0v) is 19.9. The van der Waals surface area contributed by atoms with Gasteiger partial charge in [-0.15, -0.1) is 0 Å². The van der Waals surface area contributed by atoms with Crippen LogP contribution in [-0.2, 0) is 14.4 Å². The standard InChI is InChI=1S/C23H40N4O5/c1-5-9-22(3)10-7-8-16(6-2)12-23(32,15-22)18(14-28)25-26-19(29)13-27-20(30)11-17(24-4)21(27)31/h16-17,24,28,32H,5-15H2,1-4H3,(H,26,29)/b25-18+. The third-order valence-corrected chi connectivity index (χ3v) is 7.07. The highest BCUT2D eigenvalue weighted by atomic mass is 16.3. The fourth-order valence-electron chi connectivity index (χ4n) is 5.32. The van der Waals surface area contributed by atoms with Crippen LogP contribution in [0.4, 0.5) is 0 Å². The van der Waals surface area contributed by atoms with Gasteiger partial charge in [0, 0.05) is 0 Å². The predicted octanol–water partition coefficient (Wildman–Crippen LogP) is 1.33. The van der Waals surface area contributed by atoms with Gasteiger partial charge in [-0.2, -0.15) is 5.10 Å². The summed E-state index contributed by atoms with van der Waals surface area (Å²) in [6, 6.07) is -0.621. The molecule has 2 fully saturated rings. The molecule has 1 aliphatic carbocycles. The van der Waals surface area contributed by atoms with Gasteiger partial charge in [0.1, 0.15) is 12.1 Å². The molecule has 4 unspecified atom stereocenters. The van der Waals surface area contributed by atoms with Crippen molar-refractivity contribution in [3.63, 3.8) is 0 Å². The average molecular weight is 453 g/mol. The second kappa shape index (κ2) is 11.3. The Morgan fingerprint density at radius 1 is 1.31 bits per heavy atom. The predicted molar refractivity (Wildman–Crippen MR) is 122 cm³/mol. The molecule has 1 heterocycles. The molecule has 0 aromatic carbocycles. The summed E-state index contributed by atoms with van der Waals surface area (Å²) in [5.74, 6) is -1.21. The SMILES string of the molecule is CCCC1(C)CCCC(CC)CC(O)(/C(CO)=N/NC(=O)CN2C(=O)CC(NC)C2=O)C1. The summed E-state index contributed by atoms with van der Waals surface area (Å²) < 4.78 is 0. The van der Waals surface area contributed by atoms with E-state index >= 15 is 0 Å². The number of nitrogens with zero attached hydrogens (tertiary/aromatic N) is 2. The molecule has 0 spiro atoms. The number of carbonyl (C=O) groups is 3. The first kappa shape index (κ1) is 26.4. The van der Waals surface area contributed by atoms with Crippen molar-refractivity contribution in [2.45, 2.75) is 90.2 Å². The van der Waals surface area contributed by atoms with Gasteiger partial charge in [0.2, 0.25) is 11.8 Å². The summed E-state index contributed by atoms with van der Waals surface area (Å²) in [6.45, 7) is 5.46. The Morgan fingerprint density at radius 2 is 2.03 bits per heavy atom. The molecule has 32 heavy (non-hydrogen) atoms. The first-order chi connectivity index (χ1) is 15.1. The summed E-state index contributed by atoms with van der Waals surface area (Å²) >= 11 is 0. The van der Waals surface area contributed by atoms with Gasteiger partial charge in [-0.25, -0.2) is 5.43 Å². The lowest BCUT2D eigenvalue weighted by Crippen LogP contribution is -2.49. The molecule has 9 nitrogen and oxygen atoms in total. The van der Waals surface area contributed by atoms with Crippen molar-refractivity contribution >= 4 is 23.4 Å². The summed E-state index contributed by atoms with van der Waals surface area (Å²) in [7, 11) is 1.59. The van der Waals surface area contributed by atoms with Gasteiger partial charge in [0.15, 0.2) is 0 Å². The van der Waals surface area contributed by atoms with Crippen LogP contribution in [0.1, 0.15) is 78.6 Å². The topological polar surface area (TPSA) is 131 Å². The molecule has 1 saturated heterocycles. The van der Waals surface area contributed by atoms with Gasteiger partial charge in [-0.05, 0) is 44.1 Å². The molecule has 2 rings (SSSR count). The highest BCUT2D eigenvalue weighted by Crippen LogP contribution is 2.44. The number of likely N-dealkylation sites (tertiary alicyclic amines) is 1. The van der Waals surface area contributed by atoms with Crippen LogP contribution in [0, 0.1) is 11.3 Å². The Bertz CT molecular complexity index is 727. The Hall–Kier alpha value is -1.84. The Labute approximate surface area is 191 Å². The number of hydrogen-bond donors (Lipinski definition) is 4. The zero-order chi connectivity index (χ0) is 23.9. The maximum absolute atomic E-state index is 12.4. The molecule has 1 saturated carbocycles. The molecule has 0 aromatic rings. The van der Waals surface area contributed by atoms with E-state index in [1.165, 1.54) is 0 Å². The van der Waals surface area contributed by atoms with Crippen molar-refractivity contribution in [1.82, 2.24) is 15.6 Å². The number of likely N-dealkylation sites (N-methyl/N-ethyl adjacent to an activating group) is 1. The van der Waals surface area contributed by atoms with E-state index in [0.29, 0.717) is 18.8 Å². The number of amides is 3. The number of rotatable bonds is 9. The van der Waals surface area contributed by atoms with Crippen molar-refractivity contribution in [1.29, 1.82) is 0 Å². The van der Waals surface area contributed by atoms with Gasteiger partial charge >= 0.3 is 0 Å². The number of aliphatic hydroxyl groups is 2. The molecular formula is C23H40N4O5. The molecule has 1 aliphatic heterocycles. The van der Waals surface area contributed by atoms with Crippen LogP contribution < -0.4 is 10.7 Å². The maximum Gasteiger partial charge on any atom is 0.260 e. The lowest BCUT2D eigenvalue weighted by atomic mass is 9.66. The molecule has 0 radical (unpaired) electrons. The molecule has 0 aromatic heterocycles. The minimum absolute atomic E-state index is 0.0158. The third kappa shape index (κ3) is 6.36. The zero-order valence-electron chi connectivity index (χ0n) is 19.9. The lowest BCUT2D eigenvalue weighted by Gasteiger charge is -2.43. The van der Waals surface area contributed by atoms with Gasteiger partial charge in [-0.3, -0.25) is 19.3 Å². The monoisotopic (exact) mass is 452 g/mol. The highest BCUT2D eigenvalue weighted by Gasteiger charge is 2.43. The number of aliphatic hydroxyl groups excluding tert-OH is 1. The molecule has 182 valence electrons. The average Bonchev–Trinajstić information content (AvgIpc) is 2.99. The highest BCUT2D eigenvalue weighted by molar-refractivity contribution is 6.07. The van der Waals surface area contributed by atoms with Gasteiger partial charge < -0.3 is 15.5 Å². The van der Waals surface area contributed by atoms with E-state index < -0.39 is 42.5 Å². The van der Waals surface area contributed by atoms with Crippen LogP contribution in [0.2, 0.25) is 0 Å². The van der Waals surface area contributed by atoms with Crippen molar-refractivity contribution < 1.29 is 24.6 Å². The molecular weight excluding hydrogens is 412 g/mol. The molecule has 9 heteroatoms. The molecule has 2 aliphatic rings. The quantitative estimate of drug-likeness (QED) is 0.237. The van der Waals surface area contributed by atoms with Gasteiger partial charge in [0.25, 0.3) is 5.91 Å². The number of nitrogens with one attached hydrogen (secondary N) is 2. The van der Waals surface area contributed by atoms with Crippen LogP contribution in [0.3, 0.4) is 0 Å². The van der Waals surface area contributed by atoms with E-state index in [1.807, 2.05) is 0 Å². The summed E-state index contributed by atoms with van der Waals surface area (Å²) in [5, 5.41) is 28.6. The fraction of sp³-hybridized carbons (Fsp3) is 0.826. The first-order valence-corrected chi connectivity index (χ1v) is 11.8. The molecule has 4 atom stereocenters. The van der Waals surface area contributed by atoms with Crippen molar-refractivity contribution in [2.24, 2.45) is 16.4 Å². The lowest BCUT2D eigenvalue weighted by molar-refractivity contribution is -0.142. The molecule has 4 N–H and O–H groups in total. The Morgan fingerprint density at radius 3 is 2.59 bits per heavy atom.